The van der Waals surface area contributed by atoms with Gasteiger partial charge in [-0.3, -0.25) is 4.79 Å². The molecule has 0 atom stereocenters. The topological polar surface area (TPSA) is 26.3 Å². The molecule has 0 saturated carbocycles. The second-order valence-corrected chi connectivity index (χ2v) is 6.10. The van der Waals surface area contributed by atoms with E-state index in [1.54, 1.807) is 18.2 Å². The fraction of sp³-hybridized carbons (Fsp3) is 0. The number of carbonyl (C=O) groups is 1. The first kappa shape index (κ1) is 13.8. The predicted molar refractivity (Wildman–Crippen MR) is 81.4 cm³/mol. The van der Waals surface area contributed by atoms with Crippen LogP contribution in [0.4, 0.5) is 0 Å². The minimum atomic E-state index is 0.595. The number of benzene rings is 2. The maximum atomic E-state index is 10.7. The maximum absolute atomic E-state index is 10.7. The number of hydrogen-bond acceptors (Lipinski definition) is 2. The normalized spacial score (nSPS) is 10.2. The van der Waals surface area contributed by atoms with Crippen molar-refractivity contribution in [2.75, 3.05) is 0 Å². The lowest BCUT2D eigenvalue weighted by molar-refractivity contribution is 0.112. The fourth-order valence-corrected chi connectivity index (χ4v) is 2.93. The van der Waals surface area contributed by atoms with Crippen LogP contribution in [0.5, 0.6) is 11.5 Å². The van der Waals surface area contributed by atoms with E-state index in [1.807, 2.05) is 18.2 Å². The first-order chi connectivity index (χ1) is 8.60. The SMILES string of the molecule is O=Cc1ccc(Oc2ccc(Br)cc2Br)cc1Br. The highest BCUT2D eigenvalue weighted by molar-refractivity contribution is 9.11. The average Bonchev–Trinajstić information content (AvgIpc) is 2.33. The Hall–Kier alpha value is -0.650. The van der Waals surface area contributed by atoms with E-state index in [0.29, 0.717) is 21.5 Å². The van der Waals surface area contributed by atoms with E-state index in [9.17, 15) is 4.79 Å². The monoisotopic (exact) mass is 432 g/mol. The first-order valence-corrected chi connectivity index (χ1v) is 7.35. The maximum Gasteiger partial charge on any atom is 0.151 e. The lowest BCUT2D eigenvalue weighted by Gasteiger charge is -2.09. The molecule has 0 aromatic heterocycles. The van der Waals surface area contributed by atoms with Gasteiger partial charge in [-0.1, -0.05) is 15.9 Å². The van der Waals surface area contributed by atoms with Gasteiger partial charge in [0.2, 0.25) is 0 Å². The van der Waals surface area contributed by atoms with Gasteiger partial charge in [0.15, 0.2) is 6.29 Å². The smallest absolute Gasteiger partial charge is 0.151 e. The number of halogens is 3. The quantitative estimate of drug-likeness (QED) is 0.589. The van der Waals surface area contributed by atoms with Crippen molar-refractivity contribution in [2.45, 2.75) is 0 Å². The Morgan fingerprint density at radius 3 is 2.33 bits per heavy atom. The standard InChI is InChI=1S/C13H7Br3O2/c14-9-2-4-13(12(16)5-9)18-10-3-1-8(7-17)11(15)6-10/h1-7H. The summed E-state index contributed by atoms with van der Waals surface area (Å²) >= 11 is 10.1. The molecular formula is C13H7Br3O2. The van der Waals surface area contributed by atoms with Crippen molar-refractivity contribution in [2.24, 2.45) is 0 Å². The summed E-state index contributed by atoms with van der Waals surface area (Å²) in [4.78, 5) is 10.7. The number of aldehydes is 1. The molecule has 0 fully saturated rings. The molecule has 0 radical (unpaired) electrons. The van der Waals surface area contributed by atoms with Gasteiger partial charge in [-0.15, -0.1) is 0 Å². The van der Waals surface area contributed by atoms with E-state index in [2.05, 4.69) is 47.8 Å². The average molecular weight is 435 g/mol. The molecule has 18 heavy (non-hydrogen) atoms. The molecule has 0 aliphatic rings. The van der Waals surface area contributed by atoms with Gasteiger partial charge in [0.05, 0.1) is 4.47 Å². The van der Waals surface area contributed by atoms with Crippen molar-refractivity contribution in [3.8, 4) is 11.5 Å². The minimum absolute atomic E-state index is 0.595. The summed E-state index contributed by atoms with van der Waals surface area (Å²) in [5.41, 5.74) is 0.595. The van der Waals surface area contributed by atoms with Crippen molar-refractivity contribution in [3.05, 3.63) is 55.4 Å². The van der Waals surface area contributed by atoms with E-state index < -0.39 is 0 Å². The molecule has 0 N–H and O–H groups in total. The zero-order chi connectivity index (χ0) is 13.1. The number of rotatable bonds is 3. The van der Waals surface area contributed by atoms with Crippen LogP contribution in [-0.2, 0) is 0 Å². The van der Waals surface area contributed by atoms with Crippen molar-refractivity contribution >= 4 is 54.1 Å². The Labute approximate surface area is 130 Å². The Balaban J connectivity index is 2.28. The van der Waals surface area contributed by atoms with Gasteiger partial charge in [0.1, 0.15) is 11.5 Å². The molecule has 0 spiro atoms. The zero-order valence-electron chi connectivity index (χ0n) is 8.99. The van der Waals surface area contributed by atoms with Crippen LogP contribution in [0.3, 0.4) is 0 Å². The number of ether oxygens (including phenoxy) is 1. The number of carbonyl (C=O) groups excluding carboxylic acids is 1. The van der Waals surface area contributed by atoms with Gasteiger partial charge in [-0.25, -0.2) is 0 Å². The van der Waals surface area contributed by atoms with E-state index in [4.69, 9.17) is 4.74 Å². The van der Waals surface area contributed by atoms with E-state index in [0.717, 1.165) is 15.2 Å². The van der Waals surface area contributed by atoms with Crippen LogP contribution in [0.15, 0.2) is 49.8 Å². The Bertz CT molecular complexity index is 597. The molecule has 0 unspecified atom stereocenters. The molecule has 0 amide bonds. The molecule has 0 bridgehead atoms. The first-order valence-electron chi connectivity index (χ1n) is 4.98. The molecule has 5 heteroatoms. The van der Waals surface area contributed by atoms with Crippen molar-refractivity contribution < 1.29 is 9.53 Å². The van der Waals surface area contributed by atoms with Crippen LogP contribution in [0.1, 0.15) is 10.4 Å². The highest BCUT2D eigenvalue weighted by Crippen LogP contribution is 2.33. The third-order valence-electron chi connectivity index (χ3n) is 2.22. The van der Waals surface area contributed by atoms with Gasteiger partial charge in [0, 0.05) is 14.5 Å². The molecule has 92 valence electrons. The highest BCUT2D eigenvalue weighted by atomic mass is 79.9. The molecule has 2 rings (SSSR count). The van der Waals surface area contributed by atoms with E-state index in [-0.39, 0.29) is 0 Å². The molecule has 0 aliphatic heterocycles. The fourth-order valence-electron chi connectivity index (χ4n) is 1.35. The summed E-state index contributed by atoms with van der Waals surface area (Å²) in [6, 6.07) is 10.9. The summed E-state index contributed by atoms with van der Waals surface area (Å²) in [6.45, 7) is 0. The Morgan fingerprint density at radius 2 is 1.72 bits per heavy atom. The predicted octanol–water partition coefficient (Wildman–Crippen LogP) is 5.58. The van der Waals surface area contributed by atoms with Crippen LogP contribution in [-0.4, -0.2) is 6.29 Å². The summed E-state index contributed by atoms with van der Waals surface area (Å²) in [5, 5.41) is 0. The van der Waals surface area contributed by atoms with Crippen LogP contribution in [0.25, 0.3) is 0 Å². The number of hydrogen-bond donors (Lipinski definition) is 0. The third-order valence-corrected chi connectivity index (χ3v) is 4.02. The van der Waals surface area contributed by atoms with Crippen LogP contribution < -0.4 is 4.74 Å². The van der Waals surface area contributed by atoms with Crippen LogP contribution >= 0.6 is 47.8 Å². The molecule has 2 aromatic rings. The Kier molecular flexibility index (Phi) is 4.59. The summed E-state index contributed by atoms with van der Waals surface area (Å²) in [6.07, 6.45) is 0.795. The largest absolute Gasteiger partial charge is 0.456 e. The molecule has 2 nitrogen and oxygen atoms in total. The van der Waals surface area contributed by atoms with Gasteiger partial charge in [-0.2, -0.15) is 0 Å². The van der Waals surface area contributed by atoms with Crippen molar-refractivity contribution in [3.63, 3.8) is 0 Å². The molecule has 0 heterocycles. The second-order valence-electron chi connectivity index (χ2n) is 3.48. The zero-order valence-corrected chi connectivity index (χ0v) is 13.7. The summed E-state index contributed by atoms with van der Waals surface area (Å²) < 4.78 is 8.27. The third kappa shape index (κ3) is 3.22. The van der Waals surface area contributed by atoms with Gasteiger partial charge >= 0.3 is 0 Å². The van der Waals surface area contributed by atoms with Crippen LogP contribution in [0.2, 0.25) is 0 Å². The lowest BCUT2D eigenvalue weighted by Crippen LogP contribution is -1.88. The molecule has 0 aliphatic carbocycles. The Morgan fingerprint density at radius 1 is 0.944 bits per heavy atom. The molecule has 0 saturated heterocycles. The highest BCUT2D eigenvalue weighted by Gasteiger charge is 2.05. The van der Waals surface area contributed by atoms with Crippen LogP contribution in [0, 0.1) is 0 Å². The van der Waals surface area contributed by atoms with Gasteiger partial charge in [-0.05, 0) is 68.3 Å². The lowest BCUT2D eigenvalue weighted by atomic mass is 10.2. The van der Waals surface area contributed by atoms with E-state index in [1.165, 1.54) is 0 Å². The van der Waals surface area contributed by atoms with Gasteiger partial charge < -0.3 is 4.74 Å². The van der Waals surface area contributed by atoms with Crippen molar-refractivity contribution in [1.29, 1.82) is 0 Å². The van der Waals surface area contributed by atoms with Crippen molar-refractivity contribution in [1.82, 2.24) is 0 Å². The molecular weight excluding hydrogens is 428 g/mol. The second kappa shape index (κ2) is 5.99. The summed E-state index contributed by atoms with van der Waals surface area (Å²) in [7, 11) is 0. The van der Waals surface area contributed by atoms with E-state index >= 15 is 0 Å². The van der Waals surface area contributed by atoms with Gasteiger partial charge in [0.25, 0.3) is 0 Å². The molecule has 2 aromatic carbocycles. The minimum Gasteiger partial charge on any atom is -0.456 e. The summed E-state index contributed by atoms with van der Waals surface area (Å²) in [5.74, 6) is 1.37.